The van der Waals surface area contributed by atoms with Gasteiger partial charge in [-0.15, -0.1) is 0 Å². The van der Waals surface area contributed by atoms with Crippen molar-refractivity contribution in [3.05, 3.63) is 70.9 Å². The molecular formula is C18H14F2N2O4S. The van der Waals surface area contributed by atoms with Crippen molar-refractivity contribution in [1.29, 1.82) is 0 Å². The summed E-state index contributed by atoms with van der Waals surface area (Å²) >= 11 is 0. The van der Waals surface area contributed by atoms with Gasteiger partial charge in [0.1, 0.15) is 11.6 Å². The Morgan fingerprint density at radius 1 is 1.11 bits per heavy atom. The van der Waals surface area contributed by atoms with Gasteiger partial charge in [-0.25, -0.2) is 31.3 Å². The molecule has 0 fully saturated rings. The standard InChI is InChI=1S/C18H14F2N2O4S/c1-22(2)27(24,25)14-5-3-4-12(8-14)17-21-16(18(23)26-17)9-11-6-7-13(19)10-15(11)20/h3-10H,1-2H3/b16-9-. The third-order valence-electron chi connectivity index (χ3n) is 3.73. The van der Waals surface area contributed by atoms with Crippen LogP contribution in [0.1, 0.15) is 11.1 Å². The van der Waals surface area contributed by atoms with E-state index in [4.69, 9.17) is 4.74 Å². The van der Waals surface area contributed by atoms with E-state index in [9.17, 15) is 22.0 Å². The molecule has 0 radical (unpaired) electrons. The van der Waals surface area contributed by atoms with Gasteiger partial charge >= 0.3 is 5.97 Å². The first kappa shape index (κ1) is 18.9. The number of sulfonamides is 1. The summed E-state index contributed by atoms with van der Waals surface area (Å²) in [6, 6.07) is 8.65. The van der Waals surface area contributed by atoms with E-state index in [2.05, 4.69) is 4.99 Å². The number of benzene rings is 2. The minimum absolute atomic E-state index is 0.00533. The van der Waals surface area contributed by atoms with E-state index in [0.29, 0.717) is 6.07 Å². The van der Waals surface area contributed by atoms with Crippen molar-refractivity contribution < 1.29 is 26.7 Å². The van der Waals surface area contributed by atoms with Crippen LogP contribution in [0, 0.1) is 11.6 Å². The lowest BCUT2D eigenvalue weighted by atomic mass is 10.2. The van der Waals surface area contributed by atoms with Crippen molar-refractivity contribution in [2.45, 2.75) is 4.90 Å². The summed E-state index contributed by atoms with van der Waals surface area (Å²) in [6.45, 7) is 0. The van der Waals surface area contributed by atoms with Crippen LogP contribution in [0.2, 0.25) is 0 Å². The topological polar surface area (TPSA) is 76.0 Å². The highest BCUT2D eigenvalue weighted by molar-refractivity contribution is 7.89. The van der Waals surface area contributed by atoms with Gasteiger partial charge in [-0.3, -0.25) is 0 Å². The van der Waals surface area contributed by atoms with Gasteiger partial charge in [0.05, 0.1) is 4.90 Å². The van der Waals surface area contributed by atoms with Crippen LogP contribution < -0.4 is 0 Å². The number of aliphatic imine (C=N–C) groups is 1. The summed E-state index contributed by atoms with van der Waals surface area (Å²) in [6.07, 6.45) is 1.13. The first-order chi connectivity index (χ1) is 12.7. The number of hydrogen-bond donors (Lipinski definition) is 0. The number of hydrogen-bond acceptors (Lipinski definition) is 5. The van der Waals surface area contributed by atoms with Crippen molar-refractivity contribution in [1.82, 2.24) is 4.31 Å². The number of ether oxygens (including phenoxy) is 1. The number of rotatable bonds is 4. The summed E-state index contributed by atoms with van der Waals surface area (Å²) in [5.74, 6) is -2.52. The van der Waals surface area contributed by atoms with E-state index in [-0.39, 0.29) is 27.6 Å². The lowest BCUT2D eigenvalue weighted by Gasteiger charge is -2.11. The molecule has 27 heavy (non-hydrogen) atoms. The second-order valence-corrected chi connectivity index (χ2v) is 7.97. The number of nitrogens with zero attached hydrogens (tertiary/aromatic N) is 2. The second kappa shape index (κ2) is 7.01. The maximum absolute atomic E-state index is 13.8. The van der Waals surface area contributed by atoms with Gasteiger partial charge in [0, 0.05) is 31.3 Å². The van der Waals surface area contributed by atoms with Gasteiger partial charge in [-0.1, -0.05) is 6.07 Å². The number of esters is 1. The molecule has 9 heteroatoms. The molecule has 0 atom stereocenters. The largest absolute Gasteiger partial charge is 0.402 e. The molecule has 3 rings (SSSR count). The van der Waals surface area contributed by atoms with Gasteiger partial charge < -0.3 is 4.74 Å². The molecule has 0 amide bonds. The van der Waals surface area contributed by atoms with Crippen LogP contribution >= 0.6 is 0 Å². The second-order valence-electron chi connectivity index (χ2n) is 5.82. The molecule has 0 spiro atoms. The summed E-state index contributed by atoms with van der Waals surface area (Å²) in [5, 5.41) is 0. The highest BCUT2D eigenvalue weighted by Gasteiger charge is 2.26. The van der Waals surface area contributed by atoms with Gasteiger partial charge in [0.2, 0.25) is 15.9 Å². The smallest absolute Gasteiger partial charge is 0.363 e. The first-order valence-electron chi connectivity index (χ1n) is 7.69. The maximum atomic E-state index is 13.8. The Bertz CT molecular complexity index is 1090. The fraction of sp³-hybridized carbons (Fsp3) is 0.111. The van der Waals surface area contributed by atoms with Crippen molar-refractivity contribution in [2.24, 2.45) is 4.99 Å². The Morgan fingerprint density at radius 2 is 1.85 bits per heavy atom. The molecule has 6 nitrogen and oxygen atoms in total. The number of halogens is 2. The third-order valence-corrected chi connectivity index (χ3v) is 5.55. The predicted octanol–water partition coefficient (Wildman–Crippen LogP) is 2.56. The Labute approximate surface area is 154 Å². The quantitative estimate of drug-likeness (QED) is 0.592. The molecule has 2 aromatic carbocycles. The summed E-state index contributed by atoms with van der Waals surface area (Å²) in [5.41, 5.74) is 0.0583. The summed E-state index contributed by atoms with van der Waals surface area (Å²) < 4.78 is 57.3. The molecule has 140 valence electrons. The molecule has 1 heterocycles. The lowest BCUT2D eigenvalue weighted by molar-refractivity contribution is -0.129. The van der Waals surface area contributed by atoms with Crippen LogP contribution in [-0.2, 0) is 19.6 Å². The molecule has 0 saturated heterocycles. The molecule has 0 aromatic heterocycles. The predicted molar refractivity (Wildman–Crippen MR) is 94.3 cm³/mol. The average Bonchev–Trinajstić information content (AvgIpc) is 2.98. The molecule has 0 aliphatic carbocycles. The van der Waals surface area contributed by atoms with Gasteiger partial charge in [0.25, 0.3) is 0 Å². The van der Waals surface area contributed by atoms with Crippen LogP contribution in [0.25, 0.3) is 6.08 Å². The maximum Gasteiger partial charge on any atom is 0.363 e. The monoisotopic (exact) mass is 392 g/mol. The van der Waals surface area contributed by atoms with Crippen LogP contribution in [0.4, 0.5) is 8.78 Å². The zero-order valence-corrected chi connectivity index (χ0v) is 15.1. The number of carbonyl (C=O) groups is 1. The fourth-order valence-corrected chi connectivity index (χ4v) is 3.25. The van der Waals surface area contributed by atoms with E-state index in [1.165, 1.54) is 44.4 Å². The summed E-state index contributed by atoms with van der Waals surface area (Å²) in [4.78, 5) is 16.0. The highest BCUT2D eigenvalue weighted by atomic mass is 32.2. The summed E-state index contributed by atoms with van der Waals surface area (Å²) in [7, 11) is -0.884. The number of carbonyl (C=O) groups excluding carboxylic acids is 1. The molecule has 1 aliphatic heterocycles. The minimum atomic E-state index is -3.68. The van der Waals surface area contributed by atoms with Gasteiger partial charge in [0.15, 0.2) is 5.70 Å². The Morgan fingerprint density at radius 3 is 2.52 bits per heavy atom. The fourth-order valence-electron chi connectivity index (χ4n) is 2.30. The lowest BCUT2D eigenvalue weighted by Crippen LogP contribution is -2.22. The highest BCUT2D eigenvalue weighted by Crippen LogP contribution is 2.22. The zero-order valence-electron chi connectivity index (χ0n) is 14.3. The van der Waals surface area contributed by atoms with Gasteiger partial charge in [-0.2, -0.15) is 0 Å². The van der Waals surface area contributed by atoms with E-state index in [1.54, 1.807) is 0 Å². The van der Waals surface area contributed by atoms with E-state index in [0.717, 1.165) is 16.4 Å². The number of cyclic esters (lactones) is 1. The van der Waals surface area contributed by atoms with E-state index >= 15 is 0 Å². The van der Waals surface area contributed by atoms with Crippen LogP contribution in [0.15, 0.2) is 58.0 Å². The molecule has 0 N–H and O–H groups in total. The SMILES string of the molecule is CN(C)S(=O)(=O)c1cccc(C2=N/C(=C\c3ccc(F)cc3F)C(=O)O2)c1. The average molecular weight is 392 g/mol. The first-order valence-corrected chi connectivity index (χ1v) is 9.13. The van der Waals surface area contributed by atoms with Crippen molar-refractivity contribution >= 4 is 28.0 Å². The van der Waals surface area contributed by atoms with Crippen molar-refractivity contribution in [2.75, 3.05) is 14.1 Å². The molecule has 0 unspecified atom stereocenters. The van der Waals surface area contributed by atoms with Crippen molar-refractivity contribution in [3.8, 4) is 0 Å². The molecule has 1 aliphatic rings. The minimum Gasteiger partial charge on any atom is -0.402 e. The zero-order chi connectivity index (χ0) is 19.8. The molecule has 2 aromatic rings. The normalized spacial score (nSPS) is 16.0. The third kappa shape index (κ3) is 3.79. The van der Waals surface area contributed by atoms with Crippen LogP contribution in [0.5, 0.6) is 0 Å². The van der Waals surface area contributed by atoms with Crippen molar-refractivity contribution in [3.63, 3.8) is 0 Å². The Hall–Kier alpha value is -2.91. The Balaban J connectivity index is 1.99. The van der Waals surface area contributed by atoms with Crippen LogP contribution in [-0.4, -0.2) is 38.7 Å². The van der Waals surface area contributed by atoms with E-state index in [1.807, 2.05) is 0 Å². The van der Waals surface area contributed by atoms with Gasteiger partial charge in [-0.05, 0) is 36.4 Å². The van der Waals surface area contributed by atoms with E-state index < -0.39 is 27.6 Å². The molecular weight excluding hydrogens is 378 g/mol. The van der Waals surface area contributed by atoms with Crippen LogP contribution in [0.3, 0.4) is 0 Å². The molecule has 0 saturated carbocycles. The molecule has 0 bridgehead atoms. The Kier molecular flexibility index (Phi) is 4.90.